The molecule has 0 heterocycles. The lowest BCUT2D eigenvalue weighted by Crippen LogP contribution is -2.31. The Labute approximate surface area is 104 Å². The number of anilines is 1. The number of sulfonamides is 1. The van der Waals surface area contributed by atoms with Crippen molar-refractivity contribution in [3.63, 3.8) is 0 Å². The second kappa shape index (κ2) is 6.07. The monoisotopic (exact) mass is 280 g/mol. The first-order chi connectivity index (χ1) is 8.34. The lowest BCUT2D eigenvalue weighted by Gasteiger charge is -2.23. The number of hydrogen-bond acceptors (Lipinski definition) is 4. The molecule has 0 spiro atoms. The summed E-state index contributed by atoms with van der Waals surface area (Å²) in [6.45, 7) is -0.766. The van der Waals surface area contributed by atoms with E-state index in [0.29, 0.717) is 5.69 Å². The van der Waals surface area contributed by atoms with Crippen molar-refractivity contribution in [3.8, 4) is 0 Å². The number of rotatable bonds is 6. The van der Waals surface area contributed by atoms with Gasteiger partial charge in [-0.05, 0) is 24.3 Å². The molecular formula is C10H14F2N2O3S. The molecule has 0 fully saturated rings. The summed E-state index contributed by atoms with van der Waals surface area (Å²) in [5.74, 6) is 0. The zero-order chi connectivity index (χ0) is 13.8. The van der Waals surface area contributed by atoms with Crippen molar-refractivity contribution in [2.24, 2.45) is 5.14 Å². The SMILES string of the molecule is NS(=O)(=O)c1ccc(N(CCO)CC(F)F)cc1. The molecule has 0 aliphatic carbocycles. The van der Waals surface area contributed by atoms with E-state index in [1.165, 1.54) is 29.2 Å². The highest BCUT2D eigenvalue weighted by Crippen LogP contribution is 2.18. The second-order valence-corrected chi connectivity index (χ2v) is 5.16. The zero-order valence-corrected chi connectivity index (χ0v) is 10.3. The fourth-order valence-electron chi connectivity index (χ4n) is 1.46. The first kappa shape index (κ1) is 14.8. The van der Waals surface area contributed by atoms with E-state index in [4.69, 9.17) is 10.2 Å². The molecular weight excluding hydrogens is 266 g/mol. The molecule has 8 heteroatoms. The van der Waals surface area contributed by atoms with Gasteiger partial charge < -0.3 is 10.0 Å². The Morgan fingerprint density at radius 1 is 1.28 bits per heavy atom. The molecule has 1 aromatic rings. The molecule has 1 rings (SSSR count). The van der Waals surface area contributed by atoms with Gasteiger partial charge in [-0.1, -0.05) is 0 Å². The van der Waals surface area contributed by atoms with Crippen LogP contribution in [0.3, 0.4) is 0 Å². The second-order valence-electron chi connectivity index (χ2n) is 3.60. The Hall–Kier alpha value is -1.25. The Bertz CT molecular complexity index is 476. The third kappa shape index (κ3) is 4.21. The van der Waals surface area contributed by atoms with Crippen molar-refractivity contribution >= 4 is 15.7 Å². The predicted molar refractivity (Wildman–Crippen MR) is 63.1 cm³/mol. The van der Waals surface area contributed by atoms with Crippen molar-refractivity contribution in [1.82, 2.24) is 0 Å². The van der Waals surface area contributed by atoms with Crippen molar-refractivity contribution in [1.29, 1.82) is 0 Å². The van der Waals surface area contributed by atoms with E-state index < -0.39 is 23.0 Å². The van der Waals surface area contributed by atoms with Gasteiger partial charge >= 0.3 is 0 Å². The molecule has 5 nitrogen and oxygen atoms in total. The normalized spacial score (nSPS) is 11.8. The van der Waals surface area contributed by atoms with Crippen molar-refractivity contribution < 1.29 is 22.3 Å². The zero-order valence-electron chi connectivity index (χ0n) is 9.46. The van der Waals surface area contributed by atoms with Gasteiger partial charge in [0.05, 0.1) is 18.0 Å². The van der Waals surface area contributed by atoms with E-state index in [1.54, 1.807) is 0 Å². The minimum atomic E-state index is -3.80. The van der Waals surface area contributed by atoms with Gasteiger partial charge in [0, 0.05) is 12.2 Å². The van der Waals surface area contributed by atoms with Crippen molar-refractivity contribution in [2.45, 2.75) is 11.3 Å². The van der Waals surface area contributed by atoms with E-state index in [2.05, 4.69) is 0 Å². The van der Waals surface area contributed by atoms with Gasteiger partial charge in [0.15, 0.2) is 0 Å². The minimum Gasteiger partial charge on any atom is -0.395 e. The summed E-state index contributed by atoms with van der Waals surface area (Å²) in [6, 6.07) is 5.22. The summed E-state index contributed by atoms with van der Waals surface area (Å²) < 4.78 is 46.7. The number of primary sulfonamides is 1. The van der Waals surface area contributed by atoms with E-state index >= 15 is 0 Å². The molecule has 0 radical (unpaired) electrons. The number of alkyl halides is 2. The van der Waals surface area contributed by atoms with Crippen LogP contribution in [0.2, 0.25) is 0 Å². The first-order valence-corrected chi connectivity index (χ1v) is 6.66. The van der Waals surface area contributed by atoms with E-state index in [-0.39, 0.29) is 18.0 Å². The summed E-state index contributed by atoms with van der Waals surface area (Å²) in [4.78, 5) is 1.17. The van der Waals surface area contributed by atoms with Crippen LogP contribution in [0, 0.1) is 0 Å². The average Bonchev–Trinajstić information content (AvgIpc) is 2.27. The molecule has 0 aliphatic heterocycles. The maximum absolute atomic E-state index is 12.3. The van der Waals surface area contributed by atoms with Gasteiger partial charge in [0.1, 0.15) is 0 Å². The number of nitrogens with zero attached hydrogens (tertiary/aromatic N) is 1. The topological polar surface area (TPSA) is 83.6 Å². The number of aliphatic hydroxyl groups excluding tert-OH is 1. The van der Waals surface area contributed by atoms with Crippen LogP contribution in [-0.2, 0) is 10.0 Å². The highest BCUT2D eigenvalue weighted by molar-refractivity contribution is 7.89. The Morgan fingerprint density at radius 2 is 1.83 bits per heavy atom. The average molecular weight is 280 g/mol. The van der Waals surface area contributed by atoms with Gasteiger partial charge in [-0.3, -0.25) is 0 Å². The molecule has 0 saturated heterocycles. The predicted octanol–water partition coefficient (Wildman–Crippen LogP) is 0.398. The van der Waals surface area contributed by atoms with Crippen LogP contribution in [0.4, 0.5) is 14.5 Å². The summed E-state index contributed by atoms with van der Waals surface area (Å²) in [5.41, 5.74) is 0.400. The largest absolute Gasteiger partial charge is 0.395 e. The molecule has 1 aromatic carbocycles. The quantitative estimate of drug-likeness (QED) is 0.790. The lowest BCUT2D eigenvalue weighted by atomic mass is 10.3. The molecule has 102 valence electrons. The Kier molecular flexibility index (Phi) is 5.00. The molecule has 0 atom stereocenters. The van der Waals surface area contributed by atoms with E-state index in [9.17, 15) is 17.2 Å². The smallest absolute Gasteiger partial charge is 0.255 e. The van der Waals surface area contributed by atoms with Gasteiger partial charge in [0.25, 0.3) is 6.43 Å². The molecule has 0 unspecified atom stereocenters. The summed E-state index contributed by atoms with van der Waals surface area (Å²) in [6.07, 6.45) is -2.55. The van der Waals surface area contributed by atoms with Crippen LogP contribution in [0.1, 0.15) is 0 Å². The molecule has 0 aliphatic rings. The fraction of sp³-hybridized carbons (Fsp3) is 0.400. The van der Waals surface area contributed by atoms with Gasteiger partial charge in [0.2, 0.25) is 10.0 Å². The number of halogens is 2. The maximum Gasteiger partial charge on any atom is 0.255 e. The molecule has 3 N–H and O–H groups in total. The summed E-state index contributed by atoms with van der Waals surface area (Å²) in [7, 11) is -3.80. The summed E-state index contributed by atoms with van der Waals surface area (Å²) >= 11 is 0. The lowest BCUT2D eigenvalue weighted by molar-refractivity contribution is 0.153. The highest BCUT2D eigenvalue weighted by Gasteiger charge is 2.13. The van der Waals surface area contributed by atoms with Crippen molar-refractivity contribution in [3.05, 3.63) is 24.3 Å². The number of nitrogens with two attached hydrogens (primary N) is 1. The standard InChI is InChI=1S/C10H14F2N2O3S/c11-10(12)7-14(5-6-15)8-1-3-9(4-2-8)18(13,16)17/h1-4,10,15H,5-7H2,(H2,13,16,17). The van der Waals surface area contributed by atoms with Crippen molar-refractivity contribution in [2.75, 3.05) is 24.6 Å². The van der Waals surface area contributed by atoms with E-state index in [0.717, 1.165) is 0 Å². The number of hydrogen-bond donors (Lipinski definition) is 2. The maximum atomic E-state index is 12.3. The van der Waals surface area contributed by atoms with E-state index in [1.807, 2.05) is 0 Å². The van der Waals surface area contributed by atoms with Crippen LogP contribution in [0.5, 0.6) is 0 Å². The molecule has 0 saturated carbocycles. The molecule has 0 amide bonds. The van der Waals surface area contributed by atoms with Gasteiger partial charge in [-0.15, -0.1) is 0 Å². The third-order valence-corrected chi connectivity index (χ3v) is 3.19. The minimum absolute atomic E-state index is 0.0407. The van der Waals surface area contributed by atoms with Gasteiger partial charge in [-0.2, -0.15) is 0 Å². The van der Waals surface area contributed by atoms with Crippen LogP contribution in [-0.4, -0.2) is 39.6 Å². The fourth-order valence-corrected chi connectivity index (χ4v) is 1.98. The number of benzene rings is 1. The van der Waals surface area contributed by atoms with Crippen LogP contribution in [0.25, 0.3) is 0 Å². The van der Waals surface area contributed by atoms with Crippen LogP contribution < -0.4 is 10.0 Å². The molecule has 18 heavy (non-hydrogen) atoms. The summed E-state index contributed by atoms with van der Waals surface area (Å²) in [5, 5.41) is 13.7. The van der Waals surface area contributed by atoms with Crippen LogP contribution in [0.15, 0.2) is 29.2 Å². The van der Waals surface area contributed by atoms with Gasteiger partial charge in [-0.25, -0.2) is 22.3 Å². The number of aliphatic hydroxyl groups is 1. The molecule has 0 aromatic heterocycles. The Morgan fingerprint density at radius 3 is 2.22 bits per heavy atom. The Balaban J connectivity index is 2.93. The molecule has 0 bridgehead atoms. The van der Waals surface area contributed by atoms with Crippen LogP contribution >= 0.6 is 0 Å². The highest BCUT2D eigenvalue weighted by atomic mass is 32.2. The third-order valence-electron chi connectivity index (χ3n) is 2.26. The first-order valence-electron chi connectivity index (χ1n) is 5.11.